The van der Waals surface area contributed by atoms with E-state index in [9.17, 15) is 9.18 Å². The molecule has 2 aromatic carbocycles. The van der Waals surface area contributed by atoms with Gasteiger partial charge in [0.25, 0.3) is 0 Å². The van der Waals surface area contributed by atoms with Crippen LogP contribution in [-0.2, 0) is 11.2 Å². The number of aryl methyl sites for hydroxylation is 1. The fourth-order valence-electron chi connectivity index (χ4n) is 3.09. The number of pyridine rings is 1. The lowest BCUT2D eigenvalue weighted by atomic mass is 10.0. The van der Waals surface area contributed by atoms with Crippen molar-refractivity contribution < 1.29 is 13.7 Å². The third-order valence-corrected chi connectivity index (χ3v) is 5.20. The van der Waals surface area contributed by atoms with Gasteiger partial charge in [0, 0.05) is 24.4 Å². The number of anilines is 1. The Morgan fingerprint density at radius 1 is 1.03 bits per heavy atom. The van der Waals surface area contributed by atoms with Gasteiger partial charge < -0.3 is 4.52 Å². The summed E-state index contributed by atoms with van der Waals surface area (Å²) >= 11 is 3.20. The van der Waals surface area contributed by atoms with E-state index in [4.69, 9.17) is 4.52 Å². The van der Waals surface area contributed by atoms with Crippen molar-refractivity contribution in [2.75, 3.05) is 5.32 Å². The van der Waals surface area contributed by atoms with Gasteiger partial charge >= 0.3 is 0 Å². The molecule has 30 heavy (non-hydrogen) atoms. The third-order valence-electron chi connectivity index (χ3n) is 4.59. The first kappa shape index (κ1) is 20.0. The lowest BCUT2D eigenvalue weighted by molar-refractivity contribution is -0.116. The molecule has 0 spiro atoms. The number of benzene rings is 2. The molecular weight excluding hydrogens is 449 g/mol. The van der Waals surface area contributed by atoms with Gasteiger partial charge in [0.2, 0.25) is 11.8 Å². The van der Waals surface area contributed by atoms with E-state index >= 15 is 0 Å². The van der Waals surface area contributed by atoms with Crippen molar-refractivity contribution in [3.8, 4) is 22.4 Å². The number of hydrogen-bond donors (Lipinski definition) is 1. The van der Waals surface area contributed by atoms with Gasteiger partial charge in [-0.15, -0.1) is 0 Å². The fourth-order valence-corrected chi connectivity index (χ4v) is 3.47. The van der Waals surface area contributed by atoms with Crippen LogP contribution in [0.3, 0.4) is 0 Å². The van der Waals surface area contributed by atoms with Crippen molar-refractivity contribution in [3.05, 3.63) is 88.9 Å². The molecular formula is C23H17BrFN3O2. The highest BCUT2D eigenvalue weighted by Gasteiger charge is 2.21. The largest absolute Gasteiger partial charge is 0.337 e. The number of carbonyl (C=O) groups excluding carboxylic acids is 1. The third kappa shape index (κ3) is 4.46. The molecule has 0 aliphatic heterocycles. The van der Waals surface area contributed by atoms with E-state index < -0.39 is 0 Å². The summed E-state index contributed by atoms with van der Waals surface area (Å²) in [6.45, 7) is 0. The number of halogens is 2. The predicted octanol–water partition coefficient (Wildman–Crippen LogP) is 5.88. The Hall–Kier alpha value is -3.32. The van der Waals surface area contributed by atoms with Crippen molar-refractivity contribution in [3.63, 3.8) is 0 Å². The van der Waals surface area contributed by atoms with Gasteiger partial charge in [-0.05, 0) is 63.8 Å². The highest BCUT2D eigenvalue weighted by molar-refractivity contribution is 9.10. The quantitative estimate of drug-likeness (QED) is 0.386. The van der Waals surface area contributed by atoms with Crippen LogP contribution in [0.1, 0.15) is 12.0 Å². The zero-order valence-corrected chi connectivity index (χ0v) is 17.4. The summed E-state index contributed by atoms with van der Waals surface area (Å²) in [7, 11) is 0. The number of hydrogen-bond acceptors (Lipinski definition) is 4. The van der Waals surface area contributed by atoms with Crippen LogP contribution in [0.4, 0.5) is 10.3 Å². The average molecular weight is 466 g/mol. The zero-order chi connectivity index (χ0) is 20.9. The first-order chi connectivity index (χ1) is 14.6. The van der Waals surface area contributed by atoms with Crippen LogP contribution in [0.2, 0.25) is 0 Å². The van der Waals surface area contributed by atoms with Crippen molar-refractivity contribution in [2.45, 2.75) is 12.8 Å². The van der Waals surface area contributed by atoms with Gasteiger partial charge in [-0.25, -0.2) is 4.39 Å². The van der Waals surface area contributed by atoms with Crippen LogP contribution in [0.15, 0.2) is 82.1 Å². The monoisotopic (exact) mass is 465 g/mol. The minimum atomic E-state index is -0.373. The average Bonchev–Trinajstić information content (AvgIpc) is 3.19. The first-order valence-corrected chi connectivity index (χ1v) is 10.1. The molecule has 0 saturated heterocycles. The Bertz CT molecular complexity index is 1160. The Labute approximate surface area is 181 Å². The summed E-state index contributed by atoms with van der Waals surface area (Å²) in [4.78, 5) is 16.6. The van der Waals surface area contributed by atoms with Crippen molar-refractivity contribution in [1.29, 1.82) is 0 Å². The summed E-state index contributed by atoms with van der Waals surface area (Å²) in [6, 6.07) is 18.0. The van der Waals surface area contributed by atoms with E-state index in [2.05, 4.69) is 31.4 Å². The standard InChI is InChI=1S/C23H17BrFN3O2/c24-18-14-17(7-8-19(18)25)22-21(16-10-12-26-13-11-16)23(30-28-22)27-20(29)9-6-15-4-2-1-3-5-15/h1-5,7-8,10-14H,6,9H2,(H,27,29). The van der Waals surface area contributed by atoms with E-state index in [-0.39, 0.29) is 17.6 Å². The van der Waals surface area contributed by atoms with Crippen molar-refractivity contribution in [1.82, 2.24) is 10.1 Å². The molecule has 150 valence electrons. The molecule has 0 atom stereocenters. The smallest absolute Gasteiger partial charge is 0.239 e. The van der Waals surface area contributed by atoms with Gasteiger partial charge in [-0.2, -0.15) is 0 Å². The summed E-state index contributed by atoms with van der Waals surface area (Å²) in [6.07, 6.45) is 4.21. The fraction of sp³-hybridized carbons (Fsp3) is 0.0870. The SMILES string of the molecule is O=C(CCc1ccccc1)Nc1onc(-c2ccc(F)c(Br)c2)c1-c1ccncc1. The van der Waals surface area contributed by atoms with Crippen LogP contribution >= 0.6 is 15.9 Å². The second kappa shape index (κ2) is 9.00. The second-order valence-corrected chi connectivity index (χ2v) is 7.49. The normalized spacial score (nSPS) is 10.7. The van der Waals surface area contributed by atoms with Crippen LogP contribution in [-0.4, -0.2) is 16.0 Å². The minimum Gasteiger partial charge on any atom is -0.337 e. The first-order valence-electron chi connectivity index (χ1n) is 9.31. The molecule has 1 amide bonds. The van der Waals surface area contributed by atoms with Gasteiger partial charge in [-0.1, -0.05) is 35.5 Å². The van der Waals surface area contributed by atoms with Crippen molar-refractivity contribution >= 4 is 27.7 Å². The number of aromatic nitrogens is 2. The predicted molar refractivity (Wildman–Crippen MR) is 116 cm³/mol. The Balaban J connectivity index is 1.63. The summed E-state index contributed by atoms with van der Waals surface area (Å²) in [5.41, 5.74) is 3.63. The number of rotatable bonds is 6. The molecule has 0 radical (unpaired) electrons. The van der Waals surface area contributed by atoms with Crippen LogP contribution < -0.4 is 5.32 Å². The van der Waals surface area contributed by atoms with E-state index in [0.29, 0.717) is 34.1 Å². The number of nitrogens with one attached hydrogen (secondary N) is 1. The zero-order valence-electron chi connectivity index (χ0n) is 15.8. The molecule has 7 heteroatoms. The highest BCUT2D eigenvalue weighted by Crippen LogP contribution is 2.38. The molecule has 0 unspecified atom stereocenters. The minimum absolute atomic E-state index is 0.183. The van der Waals surface area contributed by atoms with Gasteiger partial charge in [0.05, 0.1) is 10.0 Å². The maximum Gasteiger partial charge on any atom is 0.239 e. The second-order valence-electron chi connectivity index (χ2n) is 6.63. The summed E-state index contributed by atoms with van der Waals surface area (Å²) in [5, 5.41) is 6.97. The molecule has 0 aliphatic carbocycles. The molecule has 0 fully saturated rings. The van der Waals surface area contributed by atoms with E-state index in [1.807, 2.05) is 30.3 Å². The molecule has 4 aromatic rings. The topological polar surface area (TPSA) is 68.0 Å². The van der Waals surface area contributed by atoms with Crippen LogP contribution in [0.25, 0.3) is 22.4 Å². The molecule has 0 saturated carbocycles. The van der Waals surface area contributed by atoms with E-state index in [1.165, 1.54) is 6.07 Å². The molecule has 2 aromatic heterocycles. The number of amides is 1. The number of nitrogens with zero attached hydrogens (tertiary/aromatic N) is 2. The van der Waals surface area contributed by atoms with Gasteiger partial charge in [0.15, 0.2) is 0 Å². The Morgan fingerprint density at radius 3 is 2.53 bits per heavy atom. The van der Waals surface area contributed by atoms with E-state index in [0.717, 1.165) is 11.1 Å². The van der Waals surface area contributed by atoms with E-state index in [1.54, 1.807) is 36.7 Å². The molecule has 4 rings (SSSR count). The van der Waals surface area contributed by atoms with Crippen LogP contribution in [0.5, 0.6) is 0 Å². The summed E-state index contributed by atoms with van der Waals surface area (Å²) in [5.74, 6) is -0.311. The Morgan fingerprint density at radius 2 is 1.80 bits per heavy atom. The molecule has 5 nitrogen and oxygen atoms in total. The van der Waals surface area contributed by atoms with Crippen LogP contribution in [0, 0.1) is 5.82 Å². The van der Waals surface area contributed by atoms with Gasteiger partial charge in [-0.3, -0.25) is 15.1 Å². The highest BCUT2D eigenvalue weighted by atomic mass is 79.9. The lowest BCUT2D eigenvalue weighted by Crippen LogP contribution is -2.12. The Kier molecular flexibility index (Phi) is 5.99. The van der Waals surface area contributed by atoms with Crippen molar-refractivity contribution in [2.24, 2.45) is 0 Å². The summed E-state index contributed by atoms with van der Waals surface area (Å²) < 4.78 is 19.5. The molecule has 1 N–H and O–H groups in total. The lowest BCUT2D eigenvalue weighted by Gasteiger charge is -2.07. The number of carbonyl (C=O) groups is 1. The maximum absolute atomic E-state index is 13.7. The maximum atomic E-state index is 13.7. The molecule has 0 bridgehead atoms. The van der Waals surface area contributed by atoms with Gasteiger partial charge in [0.1, 0.15) is 11.5 Å². The molecule has 2 heterocycles. The molecule has 0 aliphatic rings.